The Balaban J connectivity index is 1.16. The van der Waals surface area contributed by atoms with Gasteiger partial charge in [-0.15, -0.1) is 0 Å². The Morgan fingerprint density at radius 3 is 2.57 bits per heavy atom. The van der Waals surface area contributed by atoms with Crippen molar-refractivity contribution in [1.29, 1.82) is 0 Å². The molecule has 1 unspecified atom stereocenters. The van der Waals surface area contributed by atoms with Crippen LogP contribution < -0.4 is 10.1 Å². The zero-order valence-electron chi connectivity index (χ0n) is 19.1. The highest BCUT2D eigenvalue weighted by molar-refractivity contribution is 6.33. The van der Waals surface area contributed by atoms with E-state index in [0.29, 0.717) is 35.6 Å². The number of anilines is 1. The topological polar surface area (TPSA) is 80.5 Å². The predicted molar refractivity (Wildman–Crippen MR) is 134 cm³/mol. The van der Waals surface area contributed by atoms with Crippen molar-refractivity contribution >= 4 is 23.2 Å². The Morgan fingerprint density at radius 1 is 1.03 bits per heavy atom. The van der Waals surface area contributed by atoms with Gasteiger partial charge in [0, 0.05) is 17.8 Å². The van der Waals surface area contributed by atoms with Gasteiger partial charge in [0.1, 0.15) is 11.5 Å². The highest BCUT2D eigenvalue weighted by Crippen LogP contribution is 2.27. The molecule has 3 aromatic carbocycles. The fourth-order valence-corrected chi connectivity index (χ4v) is 4.37. The van der Waals surface area contributed by atoms with Crippen molar-refractivity contribution in [3.8, 4) is 22.9 Å². The molecule has 35 heavy (non-hydrogen) atoms. The van der Waals surface area contributed by atoms with E-state index in [1.807, 2.05) is 72.8 Å². The van der Waals surface area contributed by atoms with E-state index in [1.165, 1.54) is 0 Å². The summed E-state index contributed by atoms with van der Waals surface area (Å²) in [5, 5.41) is 7.68. The minimum Gasteiger partial charge on any atom is -0.457 e. The van der Waals surface area contributed by atoms with Crippen molar-refractivity contribution in [3.63, 3.8) is 0 Å². The second-order valence-corrected chi connectivity index (χ2v) is 8.90. The molecule has 1 amide bonds. The molecule has 1 aromatic heterocycles. The van der Waals surface area contributed by atoms with Crippen LogP contribution in [-0.2, 0) is 11.3 Å². The Morgan fingerprint density at radius 2 is 1.77 bits per heavy atom. The maximum Gasteiger partial charge on any atom is 0.241 e. The lowest BCUT2D eigenvalue weighted by Crippen LogP contribution is -2.40. The molecule has 178 valence electrons. The third-order valence-electron chi connectivity index (χ3n) is 5.92. The summed E-state index contributed by atoms with van der Waals surface area (Å²) in [7, 11) is 0. The summed E-state index contributed by atoms with van der Waals surface area (Å²) in [6, 6.07) is 24.4. The number of hydrogen-bond acceptors (Lipinski definition) is 6. The number of likely N-dealkylation sites (tertiary alicyclic amines) is 1. The van der Waals surface area contributed by atoms with Crippen LogP contribution in [0.4, 0.5) is 5.69 Å². The molecule has 4 aromatic rings. The second-order valence-electron chi connectivity index (χ2n) is 8.49. The number of nitrogens with one attached hydrogen (secondary N) is 1. The van der Waals surface area contributed by atoms with Crippen LogP contribution in [0.15, 0.2) is 83.4 Å². The van der Waals surface area contributed by atoms with Crippen LogP contribution in [0.2, 0.25) is 5.02 Å². The van der Waals surface area contributed by atoms with E-state index < -0.39 is 0 Å². The number of piperidine rings is 1. The summed E-state index contributed by atoms with van der Waals surface area (Å²) in [5.74, 6) is 2.36. The number of halogens is 1. The first kappa shape index (κ1) is 23.1. The molecule has 0 aliphatic carbocycles. The highest BCUT2D eigenvalue weighted by Gasteiger charge is 2.27. The average Bonchev–Trinajstić information content (AvgIpc) is 3.34. The van der Waals surface area contributed by atoms with E-state index >= 15 is 0 Å². The molecule has 0 spiro atoms. The van der Waals surface area contributed by atoms with E-state index in [9.17, 15) is 4.79 Å². The molecular weight excluding hydrogens is 464 g/mol. The van der Waals surface area contributed by atoms with Crippen molar-refractivity contribution in [1.82, 2.24) is 15.0 Å². The molecule has 1 saturated heterocycles. The van der Waals surface area contributed by atoms with Gasteiger partial charge in [0.05, 0.1) is 17.5 Å². The van der Waals surface area contributed by atoms with Gasteiger partial charge in [0.2, 0.25) is 17.6 Å². The first-order valence-electron chi connectivity index (χ1n) is 11.6. The molecule has 8 heteroatoms. The summed E-state index contributed by atoms with van der Waals surface area (Å²) in [5.41, 5.74) is 1.48. The summed E-state index contributed by atoms with van der Waals surface area (Å²) in [6.07, 6.45) is 1.76. The second kappa shape index (κ2) is 10.7. The third-order valence-corrected chi connectivity index (χ3v) is 6.25. The third kappa shape index (κ3) is 5.88. The summed E-state index contributed by atoms with van der Waals surface area (Å²) in [6.45, 7) is 2.00. The minimum absolute atomic E-state index is 0.00807. The van der Waals surface area contributed by atoms with E-state index in [4.69, 9.17) is 20.9 Å². The predicted octanol–water partition coefficient (Wildman–Crippen LogP) is 6.03. The average molecular weight is 489 g/mol. The Labute approximate surface area is 208 Å². The monoisotopic (exact) mass is 488 g/mol. The summed E-state index contributed by atoms with van der Waals surface area (Å²) < 4.78 is 11.3. The van der Waals surface area contributed by atoms with Crippen LogP contribution in [0, 0.1) is 5.92 Å². The lowest BCUT2D eigenvalue weighted by atomic mass is 9.97. The van der Waals surface area contributed by atoms with Crippen molar-refractivity contribution in [2.75, 3.05) is 18.4 Å². The number of para-hydroxylation sites is 1. The fourth-order valence-electron chi connectivity index (χ4n) is 4.15. The summed E-state index contributed by atoms with van der Waals surface area (Å²) in [4.78, 5) is 19.6. The molecular formula is C27H25ClN4O3. The molecule has 1 atom stereocenters. The number of carbonyl (C=O) groups excluding carboxylic acids is 1. The first-order chi connectivity index (χ1) is 17.1. The number of aromatic nitrogens is 2. The summed E-state index contributed by atoms with van der Waals surface area (Å²) >= 11 is 6.24. The van der Waals surface area contributed by atoms with Gasteiger partial charge in [0.25, 0.3) is 0 Å². The molecule has 7 nitrogen and oxygen atoms in total. The maximum atomic E-state index is 12.9. The van der Waals surface area contributed by atoms with Crippen molar-refractivity contribution in [2.24, 2.45) is 5.92 Å². The van der Waals surface area contributed by atoms with E-state index in [-0.39, 0.29) is 11.8 Å². The number of benzene rings is 3. The zero-order chi connectivity index (χ0) is 24.0. The van der Waals surface area contributed by atoms with Crippen molar-refractivity contribution < 1.29 is 14.1 Å². The van der Waals surface area contributed by atoms with Gasteiger partial charge in [-0.1, -0.05) is 47.1 Å². The molecule has 1 aliphatic rings. The first-order valence-corrected chi connectivity index (χ1v) is 12.0. The SMILES string of the molecule is O=C(Nc1ccc(Oc2ccccc2)cc1)C1CCCN(Cc2nc(-c3ccccc3Cl)no2)C1. The number of rotatable bonds is 7. The van der Waals surface area contributed by atoms with Crippen LogP contribution in [0.5, 0.6) is 11.5 Å². The van der Waals surface area contributed by atoms with Crippen LogP contribution in [0.3, 0.4) is 0 Å². The molecule has 1 N–H and O–H groups in total. The number of carbonyl (C=O) groups is 1. The Kier molecular flexibility index (Phi) is 7.07. The van der Waals surface area contributed by atoms with Gasteiger partial charge in [-0.3, -0.25) is 9.69 Å². The standard InChI is InChI=1S/C27H25ClN4O3/c28-24-11-5-4-10-23(24)26-30-25(35-31-26)18-32-16-6-7-19(17-32)27(33)29-20-12-14-22(15-13-20)34-21-8-2-1-3-9-21/h1-5,8-15,19H,6-7,16-18H2,(H,29,33). The normalized spacial score (nSPS) is 16.1. The molecule has 0 bridgehead atoms. The molecule has 0 radical (unpaired) electrons. The van der Waals surface area contributed by atoms with Crippen LogP contribution in [0.25, 0.3) is 11.4 Å². The molecule has 0 saturated carbocycles. The lowest BCUT2D eigenvalue weighted by Gasteiger charge is -2.30. The van der Waals surface area contributed by atoms with Crippen LogP contribution in [0.1, 0.15) is 18.7 Å². The molecule has 1 fully saturated rings. The largest absolute Gasteiger partial charge is 0.457 e. The quantitative estimate of drug-likeness (QED) is 0.342. The molecule has 2 heterocycles. The van der Waals surface area contributed by atoms with Gasteiger partial charge in [-0.25, -0.2) is 0 Å². The number of ether oxygens (including phenoxy) is 1. The molecule has 5 rings (SSSR count). The van der Waals surface area contributed by atoms with Crippen LogP contribution in [-0.4, -0.2) is 34.0 Å². The fraction of sp³-hybridized carbons (Fsp3) is 0.222. The van der Waals surface area contributed by atoms with Gasteiger partial charge in [-0.05, 0) is 67.9 Å². The van der Waals surface area contributed by atoms with Crippen molar-refractivity contribution in [3.05, 3.63) is 89.8 Å². The van der Waals surface area contributed by atoms with E-state index in [2.05, 4.69) is 20.4 Å². The van der Waals surface area contributed by atoms with Crippen LogP contribution >= 0.6 is 11.6 Å². The zero-order valence-corrected chi connectivity index (χ0v) is 19.8. The smallest absolute Gasteiger partial charge is 0.241 e. The number of nitrogens with zero attached hydrogens (tertiary/aromatic N) is 3. The number of hydrogen-bond donors (Lipinski definition) is 1. The van der Waals surface area contributed by atoms with Gasteiger partial charge in [-0.2, -0.15) is 4.98 Å². The van der Waals surface area contributed by atoms with E-state index in [1.54, 1.807) is 6.07 Å². The highest BCUT2D eigenvalue weighted by atomic mass is 35.5. The number of amides is 1. The van der Waals surface area contributed by atoms with Gasteiger partial charge >= 0.3 is 0 Å². The minimum atomic E-state index is -0.116. The maximum absolute atomic E-state index is 12.9. The van der Waals surface area contributed by atoms with Gasteiger partial charge < -0.3 is 14.6 Å². The lowest BCUT2D eigenvalue weighted by molar-refractivity contribution is -0.121. The Hall–Kier alpha value is -3.68. The Bertz CT molecular complexity index is 1280. The van der Waals surface area contributed by atoms with E-state index in [0.717, 1.165) is 36.4 Å². The van der Waals surface area contributed by atoms with Gasteiger partial charge in [0.15, 0.2) is 0 Å². The molecule has 1 aliphatic heterocycles. The van der Waals surface area contributed by atoms with Crippen molar-refractivity contribution in [2.45, 2.75) is 19.4 Å².